The van der Waals surface area contributed by atoms with Crippen LogP contribution in [0.15, 0.2) is 53.6 Å². The first-order chi connectivity index (χ1) is 13.2. The van der Waals surface area contributed by atoms with Crippen molar-refractivity contribution in [2.24, 2.45) is 7.05 Å². The summed E-state index contributed by atoms with van der Waals surface area (Å²) in [5, 5.41) is 6.75. The van der Waals surface area contributed by atoms with Crippen molar-refractivity contribution in [3.8, 4) is 0 Å². The molecular formula is C19H21N5O3S. The molecule has 0 aliphatic rings. The van der Waals surface area contributed by atoms with Crippen molar-refractivity contribution in [2.75, 3.05) is 16.7 Å². The molecule has 28 heavy (non-hydrogen) atoms. The summed E-state index contributed by atoms with van der Waals surface area (Å²) in [7, 11) is -0.882. The van der Waals surface area contributed by atoms with Gasteiger partial charge in [-0.25, -0.2) is 13.4 Å². The summed E-state index contributed by atoms with van der Waals surface area (Å²) in [6, 6.07) is 11.8. The Kier molecular flexibility index (Phi) is 5.19. The molecule has 2 aromatic heterocycles. The van der Waals surface area contributed by atoms with Gasteiger partial charge in [0, 0.05) is 19.8 Å². The Labute approximate surface area is 163 Å². The number of sulfonamides is 1. The molecule has 0 radical (unpaired) electrons. The van der Waals surface area contributed by atoms with E-state index < -0.39 is 15.9 Å². The normalized spacial score (nSPS) is 11.3. The number of hydrogen-bond acceptors (Lipinski definition) is 5. The van der Waals surface area contributed by atoms with Crippen LogP contribution in [0.25, 0.3) is 0 Å². The zero-order valence-electron chi connectivity index (χ0n) is 16.0. The van der Waals surface area contributed by atoms with Crippen molar-refractivity contribution in [1.29, 1.82) is 0 Å². The van der Waals surface area contributed by atoms with Crippen LogP contribution in [0.4, 0.5) is 11.6 Å². The summed E-state index contributed by atoms with van der Waals surface area (Å²) < 4.78 is 28.4. The molecular weight excluding hydrogens is 378 g/mol. The largest absolute Gasteiger partial charge is 0.306 e. The fourth-order valence-corrected chi connectivity index (χ4v) is 3.98. The molecule has 0 saturated carbocycles. The van der Waals surface area contributed by atoms with Crippen LogP contribution in [-0.4, -0.2) is 36.1 Å². The number of anilines is 2. The van der Waals surface area contributed by atoms with Crippen LogP contribution in [0.5, 0.6) is 0 Å². The van der Waals surface area contributed by atoms with Crippen molar-refractivity contribution in [1.82, 2.24) is 14.8 Å². The molecule has 2 heterocycles. The average Bonchev–Trinajstić information content (AvgIpc) is 3.03. The molecule has 0 aliphatic carbocycles. The van der Waals surface area contributed by atoms with E-state index >= 15 is 0 Å². The van der Waals surface area contributed by atoms with Crippen molar-refractivity contribution >= 4 is 27.6 Å². The number of hydrogen-bond donors (Lipinski definition) is 1. The topological polar surface area (TPSA) is 97.2 Å². The summed E-state index contributed by atoms with van der Waals surface area (Å²) in [6.07, 6.45) is 1.33. The molecule has 0 aliphatic heterocycles. The van der Waals surface area contributed by atoms with Gasteiger partial charge in [-0.05, 0) is 38.1 Å². The van der Waals surface area contributed by atoms with Gasteiger partial charge in [0.25, 0.3) is 15.9 Å². The number of rotatable bonds is 5. The Morgan fingerprint density at radius 3 is 2.43 bits per heavy atom. The lowest BCUT2D eigenvalue weighted by atomic mass is 10.2. The van der Waals surface area contributed by atoms with Gasteiger partial charge in [-0.15, -0.1) is 0 Å². The van der Waals surface area contributed by atoms with E-state index in [2.05, 4.69) is 15.4 Å². The second-order valence-corrected chi connectivity index (χ2v) is 8.38. The Morgan fingerprint density at radius 2 is 1.79 bits per heavy atom. The number of nitrogens with one attached hydrogen (secondary N) is 1. The highest BCUT2D eigenvalue weighted by Crippen LogP contribution is 2.26. The number of benzene rings is 1. The van der Waals surface area contributed by atoms with Gasteiger partial charge in [0.05, 0.1) is 11.1 Å². The summed E-state index contributed by atoms with van der Waals surface area (Å²) in [5.74, 6) is 0.0433. The minimum Gasteiger partial charge on any atom is -0.306 e. The third kappa shape index (κ3) is 3.74. The maximum Gasteiger partial charge on any atom is 0.265 e. The molecule has 1 aromatic carbocycles. The van der Waals surface area contributed by atoms with E-state index in [1.54, 1.807) is 31.3 Å². The SMILES string of the molecule is Cc1ccc(S(=O)(=O)N(C)c2c(C(=O)Nc3cccc(C)n3)cnn2C)cc1. The minimum absolute atomic E-state index is 0.129. The van der Waals surface area contributed by atoms with Crippen LogP contribution in [0, 0.1) is 13.8 Å². The van der Waals surface area contributed by atoms with Gasteiger partial charge >= 0.3 is 0 Å². The van der Waals surface area contributed by atoms with E-state index in [0.29, 0.717) is 5.82 Å². The highest BCUT2D eigenvalue weighted by atomic mass is 32.2. The molecule has 9 heteroatoms. The fourth-order valence-electron chi connectivity index (χ4n) is 2.74. The highest BCUT2D eigenvalue weighted by molar-refractivity contribution is 7.92. The van der Waals surface area contributed by atoms with Crippen molar-refractivity contribution in [3.05, 3.63) is 65.5 Å². The number of pyridine rings is 1. The molecule has 0 spiro atoms. The van der Waals surface area contributed by atoms with E-state index in [9.17, 15) is 13.2 Å². The van der Waals surface area contributed by atoms with Crippen molar-refractivity contribution < 1.29 is 13.2 Å². The first-order valence-corrected chi connectivity index (χ1v) is 9.97. The van der Waals surface area contributed by atoms with Gasteiger partial charge in [0.15, 0.2) is 5.82 Å². The smallest absolute Gasteiger partial charge is 0.265 e. The molecule has 0 unspecified atom stereocenters. The van der Waals surface area contributed by atoms with Crippen molar-refractivity contribution in [3.63, 3.8) is 0 Å². The number of aryl methyl sites for hydroxylation is 3. The van der Waals surface area contributed by atoms with Gasteiger partial charge in [-0.1, -0.05) is 23.8 Å². The quantitative estimate of drug-likeness (QED) is 0.711. The van der Waals surface area contributed by atoms with Gasteiger partial charge in [0.1, 0.15) is 11.4 Å². The Bertz CT molecular complexity index is 1120. The predicted molar refractivity (Wildman–Crippen MR) is 107 cm³/mol. The van der Waals surface area contributed by atoms with Gasteiger partial charge in [0.2, 0.25) is 0 Å². The molecule has 0 atom stereocenters. The Hall–Kier alpha value is -3.20. The van der Waals surface area contributed by atoms with Crippen LogP contribution in [-0.2, 0) is 17.1 Å². The lowest BCUT2D eigenvalue weighted by molar-refractivity contribution is 0.102. The first-order valence-electron chi connectivity index (χ1n) is 8.53. The molecule has 146 valence electrons. The zero-order valence-corrected chi connectivity index (χ0v) is 16.9. The second kappa shape index (κ2) is 7.43. The number of carbonyl (C=O) groups excluding carboxylic acids is 1. The maximum atomic E-state index is 13.0. The summed E-state index contributed by atoms with van der Waals surface area (Å²) in [5.41, 5.74) is 1.83. The summed E-state index contributed by atoms with van der Waals surface area (Å²) in [4.78, 5) is 17.1. The van der Waals surface area contributed by atoms with Crippen LogP contribution in [0.3, 0.4) is 0 Å². The molecule has 0 saturated heterocycles. The van der Waals surface area contributed by atoms with Gasteiger partial charge in [-0.2, -0.15) is 5.10 Å². The van der Waals surface area contributed by atoms with E-state index in [4.69, 9.17) is 0 Å². The summed E-state index contributed by atoms with van der Waals surface area (Å²) in [6.45, 7) is 3.69. The third-order valence-electron chi connectivity index (χ3n) is 4.26. The molecule has 1 amide bonds. The number of aromatic nitrogens is 3. The van der Waals surface area contributed by atoms with E-state index in [1.165, 1.54) is 30.1 Å². The number of amides is 1. The Balaban J connectivity index is 1.95. The molecule has 3 aromatic rings. The fraction of sp³-hybridized carbons (Fsp3) is 0.211. The highest BCUT2D eigenvalue weighted by Gasteiger charge is 2.28. The van der Waals surface area contributed by atoms with Crippen molar-refractivity contribution in [2.45, 2.75) is 18.7 Å². The molecule has 8 nitrogen and oxygen atoms in total. The molecule has 3 rings (SSSR count). The van der Waals surface area contributed by atoms with E-state index in [0.717, 1.165) is 15.6 Å². The average molecular weight is 399 g/mol. The minimum atomic E-state index is -3.86. The van der Waals surface area contributed by atoms with Crippen LogP contribution >= 0.6 is 0 Å². The van der Waals surface area contributed by atoms with Crippen LogP contribution in [0.1, 0.15) is 21.6 Å². The van der Waals surface area contributed by atoms with E-state index in [1.807, 2.05) is 19.9 Å². The molecule has 0 fully saturated rings. The van der Waals surface area contributed by atoms with Gasteiger partial charge < -0.3 is 5.32 Å². The monoisotopic (exact) mass is 399 g/mol. The molecule has 0 bridgehead atoms. The summed E-state index contributed by atoms with van der Waals surface area (Å²) >= 11 is 0. The zero-order chi connectivity index (χ0) is 20.5. The van der Waals surface area contributed by atoms with E-state index in [-0.39, 0.29) is 16.3 Å². The predicted octanol–water partition coefficient (Wildman–Crippen LogP) is 2.51. The van der Waals surface area contributed by atoms with Crippen LogP contribution < -0.4 is 9.62 Å². The number of nitrogens with zero attached hydrogens (tertiary/aromatic N) is 4. The van der Waals surface area contributed by atoms with Gasteiger partial charge in [-0.3, -0.25) is 13.8 Å². The second-order valence-electron chi connectivity index (χ2n) is 6.41. The lowest BCUT2D eigenvalue weighted by Crippen LogP contribution is -2.30. The lowest BCUT2D eigenvalue weighted by Gasteiger charge is -2.21. The molecule has 1 N–H and O–H groups in total. The van der Waals surface area contributed by atoms with Crippen LogP contribution in [0.2, 0.25) is 0 Å². The standard InChI is InChI=1S/C19H21N5O3S/c1-13-8-10-15(11-9-13)28(26,27)24(4)19-16(12-20-23(19)3)18(25)22-17-7-5-6-14(2)21-17/h5-12H,1-4H3,(H,21,22,25). The number of carbonyl (C=O) groups is 1. The first kappa shape index (κ1) is 19.6. The maximum absolute atomic E-state index is 13.0. The Morgan fingerprint density at radius 1 is 1.11 bits per heavy atom. The third-order valence-corrected chi connectivity index (χ3v) is 6.02.